The quantitative estimate of drug-likeness (QED) is 0.455. The maximum atomic E-state index is 4.68. The van der Waals surface area contributed by atoms with Crippen LogP contribution in [0.2, 0.25) is 0 Å². The average molecular weight is 403 g/mol. The number of halogens is 1. The van der Waals surface area contributed by atoms with Crippen LogP contribution in [-0.4, -0.2) is 19.8 Å². The molecule has 7 heteroatoms. The molecule has 0 unspecified atom stereocenters. The third-order valence-electron chi connectivity index (χ3n) is 3.28. The molecular weight excluding hydrogens is 392 g/mol. The van der Waals surface area contributed by atoms with Gasteiger partial charge in [-0.05, 0) is 41.3 Å². The molecule has 0 spiro atoms. The van der Waals surface area contributed by atoms with E-state index in [4.69, 9.17) is 0 Å². The lowest BCUT2D eigenvalue weighted by molar-refractivity contribution is 0.862. The van der Waals surface area contributed by atoms with E-state index in [0.29, 0.717) is 0 Å². The van der Waals surface area contributed by atoms with Gasteiger partial charge < -0.3 is 0 Å². The predicted octanol–water partition coefficient (Wildman–Crippen LogP) is 4.91. The van der Waals surface area contributed by atoms with Crippen molar-refractivity contribution in [2.45, 2.75) is 10.8 Å². The highest BCUT2D eigenvalue weighted by Gasteiger charge is 2.11. The number of hydrogen-bond acceptors (Lipinski definition) is 5. The zero-order chi connectivity index (χ0) is 15.6. The van der Waals surface area contributed by atoms with Crippen LogP contribution in [-0.2, 0) is 5.75 Å². The monoisotopic (exact) mass is 402 g/mol. The molecule has 4 nitrogen and oxygen atoms in total. The van der Waals surface area contributed by atoms with Crippen molar-refractivity contribution in [3.63, 3.8) is 0 Å². The highest BCUT2D eigenvalue weighted by molar-refractivity contribution is 9.10. The van der Waals surface area contributed by atoms with Crippen LogP contribution in [0.4, 0.5) is 0 Å². The van der Waals surface area contributed by atoms with Crippen molar-refractivity contribution in [1.29, 1.82) is 0 Å². The van der Waals surface area contributed by atoms with Crippen molar-refractivity contribution in [3.8, 4) is 10.7 Å². The van der Waals surface area contributed by atoms with Crippen molar-refractivity contribution in [2.75, 3.05) is 0 Å². The van der Waals surface area contributed by atoms with Crippen LogP contribution in [0, 0.1) is 0 Å². The summed E-state index contributed by atoms with van der Waals surface area (Å²) in [4.78, 5) is 1.07. The minimum Gasteiger partial charge on any atom is -0.191 e. The Balaban J connectivity index is 1.60. The van der Waals surface area contributed by atoms with E-state index in [2.05, 4.69) is 55.5 Å². The summed E-state index contributed by atoms with van der Waals surface area (Å²) in [5, 5.41) is 16.1. The molecule has 23 heavy (non-hydrogen) atoms. The van der Waals surface area contributed by atoms with Crippen molar-refractivity contribution in [3.05, 3.63) is 63.9 Å². The molecule has 3 aromatic heterocycles. The molecule has 0 aliphatic rings. The SMILES string of the molecule is Brc1ccc(CSc2ccc3nnc(-c4cccs4)n3n2)cc1. The lowest BCUT2D eigenvalue weighted by Gasteiger charge is -2.03. The van der Waals surface area contributed by atoms with Gasteiger partial charge in [-0.25, -0.2) is 0 Å². The van der Waals surface area contributed by atoms with Gasteiger partial charge in [0, 0.05) is 10.2 Å². The number of nitrogens with zero attached hydrogens (tertiary/aromatic N) is 4. The largest absolute Gasteiger partial charge is 0.195 e. The van der Waals surface area contributed by atoms with Gasteiger partial charge in [-0.15, -0.1) is 21.5 Å². The zero-order valence-electron chi connectivity index (χ0n) is 11.9. The highest BCUT2D eigenvalue weighted by Crippen LogP contribution is 2.25. The Hall–Kier alpha value is -1.70. The van der Waals surface area contributed by atoms with Crippen LogP contribution in [0.5, 0.6) is 0 Å². The molecule has 0 N–H and O–H groups in total. The van der Waals surface area contributed by atoms with Crippen LogP contribution in [0.25, 0.3) is 16.3 Å². The summed E-state index contributed by atoms with van der Waals surface area (Å²) < 4.78 is 2.91. The van der Waals surface area contributed by atoms with Gasteiger partial charge in [0.2, 0.25) is 0 Å². The van der Waals surface area contributed by atoms with Crippen LogP contribution in [0.1, 0.15) is 5.56 Å². The summed E-state index contributed by atoms with van der Waals surface area (Å²) in [6, 6.07) is 16.3. The fourth-order valence-corrected chi connectivity index (χ4v) is 3.91. The second-order valence-corrected chi connectivity index (χ2v) is 7.72. The molecule has 0 bridgehead atoms. The minimum atomic E-state index is 0.765. The minimum absolute atomic E-state index is 0.765. The van der Waals surface area contributed by atoms with Gasteiger partial charge in [-0.3, -0.25) is 0 Å². The van der Waals surface area contributed by atoms with Gasteiger partial charge in [-0.2, -0.15) is 9.61 Å². The molecule has 4 rings (SSSR count). The lowest BCUT2D eigenvalue weighted by atomic mass is 10.2. The summed E-state index contributed by atoms with van der Waals surface area (Å²) in [7, 11) is 0. The number of fused-ring (bicyclic) bond motifs is 1. The Kier molecular flexibility index (Phi) is 4.15. The Labute approximate surface area is 149 Å². The van der Waals surface area contributed by atoms with E-state index in [1.165, 1.54) is 5.56 Å². The molecule has 0 amide bonds. The van der Waals surface area contributed by atoms with E-state index in [9.17, 15) is 0 Å². The van der Waals surface area contributed by atoms with Crippen LogP contribution >= 0.6 is 39.0 Å². The third kappa shape index (κ3) is 3.17. The summed E-state index contributed by atoms with van der Waals surface area (Å²) in [6.45, 7) is 0. The van der Waals surface area contributed by atoms with Crippen LogP contribution in [0.15, 0.2) is 63.4 Å². The summed E-state index contributed by atoms with van der Waals surface area (Å²) in [5.41, 5.74) is 2.03. The molecule has 114 valence electrons. The van der Waals surface area contributed by atoms with E-state index in [0.717, 1.165) is 31.6 Å². The fraction of sp³-hybridized carbons (Fsp3) is 0.0625. The number of hydrogen-bond donors (Lipinski definition) is 0. The molecule has 0 atom stereocenters. The fourth-order valence-electron chi connectivity index (χ4n) is 2.15. The molecular formula is C16H11BrN4S2. The second-order valence-electron chi connectivity index (χ2n) is 4.86. The maximum Gasteiger partial charge on any atom is 0.195 e. The normalized spacial score (nSPS) is 11.2. The summed E-state index contributed by atoms with van der Waals surface area (Å²) in [6.07, 6.45) is 0. The molecule has 3 heterocycles. The number of aromatic nitrogens is 4. The average Bonchev–Trinajstić information content (AvgIpc) is 3.23. The van der Waals surface area contributed by atoms with E-state index in [-0.39, 0.29) is 0 Å². The number of thioether (sulfide) groups is 1. The van der Waals surface area contributed by atoms with E-state index < -0.39 is 0 Å². The topological polar surface area (TPSA) is 43.1 Å². The van der Waals surface area contributed by atoms with Crippen LogP contribution in [0.3, 0.4) is 0 Å². The maximum absolute atomic E-state index is 4.68. The predicted molar refractivity (Wildman–Crippen MR) is 97.8 cm³/mol. The number of benzene rings is 1. The molecule has 4 aromatic rings. The third-order valence-corrected chi connectivity index (χ3v) is 5.67. The standard InChI is InChI=1S/C16H11BrN4S2/c17-12-5-3-11(4-6-12)10-23-15-8-7-14-18-19-16(21(14)20-15)13-2-1-9-22-13/h1-9H,10H2. The van der Waals surface area contributed by atoms with Gasteiger partial charge in [0.1, 0.15) is 5.03 Å². The summed E-state index contributed by atoms with van der Waals surface area (Å²) in [5.74, 6) is 1.67. The Morgan fingerprint density at radius 1 is 1.04 bits per heavy atom. The molecule has 0 saturated carbocycles. The number of thiophene rings is 1. The zero-order valence-corrected chi connectivity index (χ0v) is 15.1. The first-order chi connectivity index (χ1) is 11.3. The van der Waals surface area contributed by atoms with E-state index in [1.54, 1.807) is 23.1 Å². The smallest absolute Gasteiger partial charge is 0.191 e. The summed E-state index contributed by atoms with van der Waals surface area (Å²) >= 11 is 6.80. The van der Waals surface area contributed by atoms with E-state index >= 15 is 0 Å². The molecule has 0 fully saturated rings. The van der Waals surface area contributed by atoms with Gasteiger partial charge in [0.05, 0.1) is 4.88 Å². The second kappa shape index (κ2) is 6.43. The molecule has 0 aliphatic heterocycles. The molecule has 1 aromatic carbocycles. The Bertz CT molecular complexity index is 933. The van der Waals surface area contributed by atoms with Gasteiger partial charge in [0.25, 0.3) is 0 Å². The molecule has 0 radical (unpaired) electrons. The first-order valence-electron chi connectivity index (χ1n) is 6.93. The van der Waals surface area contributed by atoms with Gasteiger partial charge in [0.15, 0.2) is 11.5 Å². The van der Waals surface area contributed by atoms with Gasteiger partial charge >= 0.3 is 0 Å². The Morgan fingerprint density at radius 3 is 2.70 bits per heavy atom. The molecule has 0 aliphatic carbocycles. The highest BCUT2D eigenvalue weighted by atomic mass is 79.9. The first-order valence-corrected chi connectivity index (χ1v) is 9.59. The first kappa shape index (κ1) is 14.9. The molecule has 0 saturated heterocycles. The lowest BCUT2D eigenvalue weighted by Crippen LogP contribution is -1.95. The van der Waals surface area contributed by atoms with Crippen molar-refractivity contribution in [2.24, 2.45) is 0 Å². The van der Waals surface area contributed by atoms with Crippen molar-refractivity contribution < 1.29 is 0 Å². The number of rotatable bonds is 4. The van der Waals surface area contributed by atoms with Gasteiger partial charge in [-0.1, -0.05) is 45.9 Å². The Morgan fingerprint density at radius 2 is 1.91 bits per heavy atom. The van der Waals surface area contributed by atoms with Crippen molar-refractivity contribution >= 4 is 44.7 Å². The van der Waals surface area contributed by atoms with Crippen LogP contribution < -0.4 is 0 Å². The van der Waals surface area contributed by atoms with E-state index in [1.807, 2.05) is 34.2 Å². The van der Waals surface area contributed by atoms with Crippen molar-refractivity contribution in [1.82, 2.24) is 19.8 Å².